The summed E-state index contributed by atoms with van der Waals surface area (Å²) in [6.07, 6.45) is 3.41. The smallest absolute Gasteiger partial charge is 0.171 e. The van der Waals surface area contributed by atoms with Crippen LogP contribution in [0, 0.1) is 11.3 Å². The number of aryl methyl sites for hydroxylation is 1. The van der Waals surface area contributed by atoms with Gasteiger partial charge in [0.2, 0.25) is 0 Å². The second kappa shape index (κ2) is 6.83. The van der Waals surface area contributed by atoms with Crippen molar-refractivity contribution in [3.8, 4) is 11.8 Å². The van der Waals surface area contributed by atoms with Crippen LogP contribution in [-0.4, -0.2) is 26.3 Å². The van der Waals surface area contributed by atoms with E-state index in [-0.39, 0.29) is 0 Å². The Morgan fingerprint density at radius 1 is 1.42 bits per heavy atom. The van der Waals surface area contributed by atoms with Crippen molar-refractivity contribution < 1.29 is 4.74 Å². The first-order valence-electron chi connectivity index (χ1n) is 7.33. The van der Waals surface area contributed by atoms with Gasteiger partial charge in [-0.15, -0.1) is 0 Å². The van der Waals surface area contributed by atoms with E-state index in [0.717, 1.165) is 5.39 Å². The molecule has 0 saturated carbocycles. The van der Waals surface area contributed by atoms with E-state index < -0.39 is 6.10 Å². The zero-order valence-corrected chi connectivity index (χ0v) is 13.7. The number of benzene rings is 1. The summed E-state index contributed by atoms with van der Waals surface area (Å²) in [6, 6.07) is 6.95. The minimum atomic E-state index is -0.486. The molecule has 7 nitrogen and oxygen atoms in total. The highest BCUT2D eigenvalue weighted by molar-refractivity contribution is 6.30. The van der Waals surface area contributed by atoms with Crippen LogP contribution in [0.4, 0.5) is 0 Å². The second-order valence-corrected chi connectivity index (χ2v) is 5.65. The van der Waals surface area contributed by atoms with Crippen LogP contribution in [0.25, 0.3) is 11.0 Å². The summed E-state index contributed by atoms with van der Waals surface area (Å²) in [4.78, 5) is 8.87. The molecule has 2 heterocycles. The van der Waals surface area contributed by atoms with Crippen LogP contribution < -0.4 is 10.5 Å². The number of hydrogen-bond donors (Lipinski definition) is 1. The fourth-order valence-corrected chi connectivity index (χ4v) is 2.50. The van der Waals surface area contributed by atoms with Gasteiger partial charge in [-0.2, -0.15) is 10.4 Å². The Hall–Kier alpha value is -2.69. The highest BCUT2D eigenvalue weighted by Gasteiger charge is 2.19. The van der Waals surface area contributed by atoms with Gasteiger partial charge in [0.05, 0.1) is 17.1 Å². The highest BCUT2D eigenvalue weighted by Crippen LogP contribution is 2.28. The minimum Gasteiger partial charge on any atom is -0.481 e. The molecule has 0 radical (unpaired) electrons. The molecule has 0 saturated heterocycles. The number of hydrogen-bond acceptors (Lipinski definition) is 6. The molecule has 0 fully saturated rings. The summed E-state index contributed by atoms with van der Waals surface area (Å²) >= 11 is 6.01. The molecule has 3 rings (SSSR count). The van der Waals surface area contributed by atoms with Gasteiger partial charge in [-0.25, -0.2) is 9.97 Å². The maximum atomic E-state index is 9.23. The van der Waals surface area contributed by atoms with Gasteiger partial charge in [0.25, 0.3) is 0 Å². The van der Waals surface area contributed by atoms with Crippen LogP contribution in [0.5, 0.6) is 5.75 Å². The molecular weight excluding hydrogens is 328 g/mol. The predicted octanol–water partition coefficient (Wildman–Crippen LogP) is 2.36. The summed E-state index contributed by atoms with van der Waals surface area (Å²) in [6.45, 7) is 0.389. The Morgan fingerprint density at radius 3 is 3.00 bits per heavy atom. The molecule has 0 aliphatic rings. The summed E-state index contributed by atoms with van der Waals surface area (Å²) in [5.74, 6) is 0.873. The van der Waals surface area contributed by atoms with E-state index in [1.807, 2.05) is 7.05 Å². The van der Waals surface area contributed by atoms with E-state index in [1.54, 1.807) is 35.3 Å². The van der Waals surface area contributed by atoms with Crippen LogP contribution in [-0.2, 0) is 7.05 Å². The number of nitrogens with two attached hydrogens (primary N) is 1. The first-order chi connectivity index (χ1) is 11.6. The van der Waals surface area contributed by atoms with Crippen LogP contribution in [0.15, 0.2) is 30.6 Å². The lowest BCUT2D eigenvalue weighted by Gasteiger charge is -2.18. The standard InChI is InChI=1S/C16H15ClN6O/c1-23-16-11(9-21-23)8-20-15(22-16)13(4-5-18)24-14-6-12(17)3-2-10(14)7-19/h2-3,6,8-9,13H,4-5,18H2,1H3. The summed E-state index contributed by atoms with van der Waals surface area (Å²) < 4.78 is 7.63. The monoisotopic (exact) mass is 342 g/mol. The van der Waals surface area contributed by atoms with E-state index >= 15 is 0 Å². The normalized spacial score (nSPS) is 12.1. The molecule has 0 aliphatic carbocycles. The van der Waals surface area contributed by atoms with Gasteiger partial charge in [-0.05, 0) is 18.7 Å². The molecule has 0 aliphatic heterocycles. The number of halogens is 1. The Morgan fingerprint density at radius 2 is 2.25 bits per heavy atom. The van der Waals surface area contributed by atoms with Crippen LogP contribution in [0.3, 0.4) is 0 Å². The number of nitrogens with zero attached hydrogens (tertiary/aromatic N) is 5. The Kier molecular flexibility index (Phi) is 4.60. The first kappa shape index (κ1) is 16.2. The molecule has 2 N–H and O–H groups in total. The summed E-state index contributed by atoms with van der Waals surface area (Å²) in [5.41, 5.74) is 6.80. The number of ether oxygens (including phenoxy) is 1. The summed E-state index contributed by atoms with van der Waals surface area (Å²) in [5, 5.41) is 14.7. The van der Waals surface area contributed by atoms with Crippen molar-refractivity contribution >= 4 is 22.6 Å². The molecule has 1 unspecified atom stereocenters. The quantitative estimate of drug-likeness (QED) is 0.763. The van der Waals surface area contributed by atoms with Gasteiger partial charge in [-0.1, -0.05) is 11.6 Å². The molecule has 1 atom stereocenters. The number of aromatic nitrogens is 4. The molecule has 122 valence electrons. The zero-order valence-electron chi connectivity index (χ0n) is 13.0. The lowest BCUT2D eigenvalue weighted by atomic mass is 10.2. The van der Waals surface area contributed by atoms with Crippen molar-refractivity contribution in [1.29, 1.82) is 5.26 Å². The third-order valence-corrected chi connectivity index (χ3v) is 3.78. The zero-order chi connectivity index (χ0) is 17.1. The summed E-state index contributed by atoms with van der Waals surface area (Å²) in [7, 11) is 1.81. The molecule has 2 aromatic heterocycles. The van der Waals surface area contributed by atoms with Gasteiger partial charge in [-0.3, -0.25) is 4.68 Å². The number of fused-ring (bicyclic) bond motifs is 1. The third-order valence-electron chi connectivity index (χ3n) is 3.54. The first-order valence-corrected chi connectivity index (χ1v) is 7.71. The van der Waals surface area contributed by atoms with Crippen molar-refractivity contribution in [3.05, 3.63) is 47.0 Å². The molecular formula is C16H15ClN6O. The molecule has 3 aromatic rings. The van der Waals surface area contributed by atoms with Gasteiger partial charge in [0.1, 0.15) is 11.8 Å². The van der Waals surface area contributed by atoms with Crippen molar-refractivity contribution in [2.45, 2.75) is 12.5 Å². The maximum Gasteiger partial charge on any atom is 0.171 e. The average molecular weight is 343 g/mol. The minimum absolute atomic E-state index is 0.386. The molecule has 0 spiro atoms. The molecule has 1 aromatic carbocycles. The van der Waals surface area contributed by atoms with E-state index in [4.69, 9.17) is 22.1 Å². The second-order valence-electron chi connectivity index (χ2n) is 5.21. The lowest BCUT2D eigenvalue weighted by molar-refractivity contribution is 0.187. The fraction of sp³-hybridized carbons (Fsp3) is 0.250. The molecule has 8 heteroatoms. The van der Waals surface area contributed by atoms with Gasteiger partial charge in [0.15, 0.2) is 17.6 Å². The Labute approximate surface area is 143 Å². The lowest BCUT2D eigenvalue weighted by Crippen LogP contribution is -2.17. The highest BCUT2D eigenvalue weighted by atomic mass is 35.5. The average Bonchev–Trinajstić information content (AvgIpc) is 2.95. The van der Waals surface area contributed by atoms with Crippen LogP contribution in [0.1, 0.15) is 23.9 Å². The Bertz CT molecular complexity index is 917. The van der Waals surface area contributed by atoms with Gasteiger partial charge in [0, 0.05) is 30.8 Å². The fourth-order valence-electron chi connectivity index (χ4n) is 2.34. The predicted molar refractivity (Wildman–Crippen MR) is 89.5 cm³/mol. The number of nitriles is 1. The topological polar surface area (TPSA) is 103 Å². The Balaban J connectivity index is 1.98. The van der Waals surface area contributed by atoms with E-state index in [0.29, 0.717) is 40.8 Å². The van der Waals surface area contributed by atoms with Crippen molar-refractivity contribution in [2.24, 2.45) is 12.8 Å². The van der Waals surface area contributed by atoms with Crippen LogP contribution in [0.2, 0.25) is 5.02 Å². The van der Waals surface area contributed by atoms with Gasteiger partial charge >= 0.3 is 0 Å². The third kappa shape index (κ3) is 3.15. The SMILES string of the molecule is Cn1ncc2cnc(C(CCN)Oc3cc(Cl)ccc3C#N)nc21. The molecule has 0 bridgehead atoms. The van der Waals surface area contributed by atoms with Crippen molar-refractivity contribution in [1.82, 2.24) is 19.7 Å². The molecule has 0 amide bonds. The number of rotatable bonds is 5. The van der Waals surface area contributed by atoms with E-state index in [9.17, 15) is 5.26 Å². The van der Waals surface area contributed by atoms with E-state index in [2.05, 4.69) is 21.1 Å². The van der Waals surface area contributed by atoms with Crippen molar-refractivity contribution in [2.75, 3.05) is 6.54 Å². The maximum absolute atomic E-state index is 9.23. The van der Waals surface area contributed by atoms with E-state index in [1.165, 1.54) is 0 Å². The largest absolute Gasteiger partial charge is 0.481 e. The van der Waals surface area contributed by atoms with Gasteiger partial charge < -0.3 is 10.5 Å². The van der Waals surface area contributed by atoms with Crippen molar-refractivity contribution in [3.63, 3.8) is 0 Å². The van der Waals surface area contributed by atoms with Crippen LogP contribution >= 0.6 is 11.6 Å². The molecule has 24 heavy (non-hydrogen) atoms.